The third kappa shape index (κ3) is 7.67. The summed E-state index contributed by atoms with van der Waals surface area (Å²) in [5, 5.41) is 6.67. The molecule has 0 aromatic rings. The van der Waals surface area contributed by atoms with Crippen molar-refractivity contribution in [2.75, 3.05) is 58.9 Å². The van der Waals surface area contributed by atoms with Gasteiger partial charge >= 0.3 is 0 Å². The van der Waals surface area contributed by atoms with Gasteiger partial charge in [0.25, 0.3) is 0 Å². The fourth-order valence-corrected chi connectivity index (χ4v) is 2.62. The Bertz CT molecular complexity index is 284. The summed E-state index contributed by atoms with van der Waals surface area (Å²) in [5.74, 6) is 1.57. The molecule has 0 aromatic heterocycles. The second-order valence-electron chi connectivity index (χ2n) is 5.99. The topological polar surface area (TPSA) is 42.9 Å². The molecule has 0 bridgehead atoms. The lowest BCUT2D eigenvalue weighted by Gasteiger charge is -2.35. The predicted molar refractivity (Wildman–Crippen MR) is 92.0 cm³/mol. The van der Waals surface area contributed by atoms with Gasteiger partial charge in [0.2, 0.25) is 0 Å². The maximum absolute atomic E-state index is 4.70. The first-order valence-electron chi connectivity index (χ1n) is 8.66. The third-order valence-corrected chi connectivity index (χ3v) is 3.93. The Hall–Kier alpha value is -0.810. The summed E-state index contributed by atoms with van der Waals surface area (Å²) in [5.41, 5.74) is 0. The Balaban J connectivity index is 2.29. The quantitative estimate of drug-likeness (QED) is 0.522. The molecule has 0 aromatic carbocycles. The molecule has 0 amide bonds. The molecule has 1 fully saturated rings. The van der Waals surface area contributed by atoms with Crippen molar-refractivity contribution in [1.82, 2.24) is 20.4 Å². The number of nitrogens with one attached hydrogen (secondary N) is 2. The van der Waals surface area contributed by atoms with Crippen molar-refractivity contribution in [1.29, 1.82) is 0 Å². The van der Waals surface area contributed by atoms with Gasteiger partial charge in [-0.05, 0) is 25.8 Å². The third-order valence-electron chi connectivity index (χ3n) is 3.93. The standard InChI is InChI=1S/C16H35N5/c1-5-8-18-16(17-6-2)19-13-15(4)14-21-11-9-20(7-3)10-12-21/h15H,5-14H2,1-4H3,(H2,17,18,19). The first kappa shape index (κ1) is 18.2. The Kier molecular flexibility index (Phi) is 9.42. The number of hydrogen-bond donors (Lipinski definition) is 2. The van der Waals surface area contributed by atoms with Crippen molar-refractivity contribution in [3.63, 3.8) is 0 Å². The van der Waals surface area contributed by atoms with Crippen molar-refractivity contribution in [2.24, 2.45) is 10.9 Å². The fraction of sp³-hybridized carbons (Fsp3) is 0.938. The van der Waals surface area contributed by atoms with E-state index in [1.807, 2.05) is 0 Å². The minimum Gasteiger partial charge on any atom is -0.357 e. The second-order valence-corrected chi connectivity index (χ2v) is 5.99. The Morgan fingerprint density at radius 1 is 1.05 bits per heavy atom. The highest BCUT2D eigenvalue weighted by Gasteiger charge is 2.17. The summed E-state index contributed by atoms with van der Waals surface area (Å²) in [6.45, 7) is 18.8. The molecule has 1 aliphatic rings. The van der Waals surface area contributed by atoms with E-state index in [4.69, 9.17) is 4.99 Å². The molecule has 5 nitrogen and oxygen atoms in total. The lowest BCUT2D eigenvalue weighted by Crippen LogP contribution is -2.47. The highest BCUT2D eigenvalue weighted by atomic mass is 15.3. The lowest BCUT2D eigenvalue weighted by molar-refractivity contribution is 0.125. The number of nitrogens with zero attached hydrogens (tertiary/aromatic N) is 3. The molecular formula is C16H35N5. The maximum Gasteiger partial charge on any atom is 0.191 e. The average Bonchev–Trinajstić information content (AvgIpc) is 2.51. The zero-order chi connectivity index (χ0) is 15.5. The summed E-state index contributed by atoms with van der Waals surface area (Å²) < 4.78 is 0. The Morgan fingerprint density at radius 2 is 1.71 bits per heavy atom. The number of rotatable bonds is 8. The first-order valence-corrected chi connectivity index (χ1v) is 8.66. The zero-order valence-electron chi connectivity index (χ0n) is 14.5. The lowest BCUT2D eigenvalue weighted by atomic mass is 10.1. The van der Waals surface area contributed by atoms with Gasteiger partial charge in [0.05, 0.1) is 0 Å². The molecule has 2 N–H and O–H groups in total. The molecule has 1 aliphatic heterocycles. The summed E-state index contributed by atoms with van der Waals surface area (Å²) in [7, 11) is 0. The van der Waals surface area contributed by atoms with E-state index in [1.54, 1.807) is 0 Å². The highest BCUT2D eigenvalue weighted by Crippen LogP contribution is 2.06. The normalized spacial score (nSPS) is 19.5. The van der Waals surface area contributed by atoms with Crippen LogP contribution in [0.25, 0.3) is 0 Å². The number of aliphatic imine (C=N–C) groups is 1. The highest BCUT2D eigenvalue weighted by molar-refractivity contribution is 5.79. The maximum atomic E-state index is 4.70. The van der Waals surface area contributed by atoms with Crippen LogP contribution in [0.3, 0.4) is 0 Å². The smallest absolute Gasteiger partial charge is 0.191 e. The van der Waals surface area contributed by atoms with Gasteiger partial charge in [-0.25, -0.2) is 0 Å². The van der Waals surface area contributed by atoms with E-state index < -0.39 is 0 Å². The molecule has 0 saturated carbocycles. The van der Waals surface area contributed by atoms with E-state index >= 15 is 0 Å². The minimum absolute atomic E-state index is 0.607. The molecule has 1 atom stereocenters. The van der Waals surface area contributed by atoms with Gasteiger partial charge in [0, 0.05) is 52.4 Å². The van der Waals surface area contributed by atoms with Crippen LogP contribution in [0.1, 0.15) is 34.1 Å². The van der Waals surface area contributed by atoms with Gasteiger partial charge in [0.15, 0.2) is 5.96 Å². The van der Waals surface area contributed by atoms with E-state index in [-0.39, 0.29) is 0 Å². The van der Waals surface area contributed by atoms with Gasteiger partial charge in [0.1, 0.15) is 0 Å². The molecule has 0 aliphatic carbocycles. The van der Waals surface area contributed by atoms with Crippen LogP contribution >= 0.6 is 0 Å². The van der Waals surface area contributed by atoms with Gasteiger partial charge in [-0.2, -0.15) is 0 Å². The van der Waals surface area contributed by atoms with Crippen LogP contribution in [0.2, 0.25) is 0 Å². The number of piperazine rings is 1. The largest absolute Gasteiger partial charge is 0.357 e. The Labute approximate surface area is 131 Å². The molecule has 0 spiro atoms. The van der Waals surface area contributed by atoms with Gasteiger partial charge in [-0.1, -0.05) is 20.8 Å². The Morgan fingerprint density at radius 3 is 2.29 bits per heavy atom. The average molecular weight is 297 g/mol. The summed E-state index contributed by atoms with van der Waals surface area (Å²) in [4.78, 5) is 9.81. The SMILES string of the molecule is CCCNC(=NCC(C)CN1CCN(CC)CC1)NCC. The first-order chi connectivity index (χ1) is 10.2. The summed E-state index contributed by atoms with van der Waals surface area (Å²) in [6.07, 6.45) is 1.13. The van der Waals surface area contributed by atoms with Crippen LogP contribution in [0.15, 0.2) is 4.99 Å². The van der Waals surface area contributed by atoms with Gasteiger partial charge in [-0.3, -0.25) is 4.99 Å². The van der Waals surface area contributed by atoms with Crippen molar-refractivity contribution in [3.8, 4) is 0 Å². The van der Waals surface area contributed by atoms with Crippen molar-refractivity contribution >= 4 is 5.96 Å². The summed E-state index contributed by atoms with van der Waals surface area (Å²) >= 11 is 0. The molecular weight excluding hydrogens is 262 g/mol. The van der Waals surface area contributed by atoms with E-state index in [0.717, 1.165) is 38.6 Å². The predicted octanol–water partition coefficient (Wildman–Crippen LogP) is 1.23. The number of hydrogen-bond acceptors (Lipinski definition) is 3. The van der Waals surface area contributed by atoms with Crippen LogP contribution in [0.4, 0.5) is 0 Å². The minimum atomic E-state index is 0.607. The van der Waals surface area contributed by atoms with E-state index in [2.05, 4.69) is 48.1 Å². The van der Waals surface area contributed by atoms with Crippen LogP contribution < -0.4 is 10.6 Å². The van der Waals surface area contributed by atoms with Gasteiger partial charge < -0.3 is 20.4 Å². The molecule has 124 valence electrons. The van der Waals surface area contributed by atoms with Crippen LogP contribution in [-0.2, 0) is 0 Å². The molecule has 1 rings (SSSR count). The molecule has 0 radical (unpaired) electrons. The van der Waals surface area contributed by atoms with E-state index in [0.29, 0.717) is 5.92 Å². The summed E-state index contributed by atoms with van der Waals surface area (Å²) in [6, 6.07) is 0. The monoisotopic (exact) mass is 297 g/mol. The van der Waals surface area contributed by atoms with Crippen molar-refractivity contribution in [3.05, 3.63) is 0 Å². The van der Waals surface area contributed by atoms with Gasteiger partial charge in [-0.15, -0.1) is 0 Å². The van der Waals surface area contributed by atoms with Crippen molar-refractivity contribution in [2.45, 2.75) is 34.1 Å². The fourth-order valence-electron chi connectivity index (χ4n) is 2.62. The molecule has 1 unspecified atom stereocenters. The zero-order valence-corrected chi connectivity index (χ0v) is 14.5. The second kappa shape index (κ2) is 10.9. The van der Waals surface area contributed by atoms with Crippen LogP contribution in [0.5, 0.6) is 0 Å². The number of guanidine groups is 1. The van der Waals surface area contributed by atoms with E-state index in [9.17, 15) is 0 Å². The van der Waals surface area contributed by atoms with E-state index in [1.165, 1.54) is 32.7 Å². The van der Waals surface area contributed by atoms with Crippen LogP contribution in [-0.4, -0.2) is 74.7 Å². The number of likely N-dealkylation sites (N-methyl/N-ethyl adjacent to an activating group) is 1. The van der Waals surface area contributed by atoms with Crippen LogP contribution in [0, 0.1) is 5.92 Å². The molecule has 5 heteroatoms. The molecule has 1 heterocycles. The molecule has 1 saturated heterocycles. The van der Waals surface area contributed by atoms with Crippen molar-refractivity contribution < 1.29 is 0 Å². The molecule has 21 heavy (non-hydrogen) atoms.